The predicted octanol–water partition coefficient (Wildman–Crippen LogP) is -0.832. The number of primary amides is 1. The highest BCUT2D eigenvalue weighted by atomic mass is 32.1. The molecule has 0 unspecified atom stereocenters. The van der Waals surface area contributed by atoms with Crippen LogP contribution in [-0.2, 0) is 17.6 Å². The summed E-state index contributed by atoms with van der Waals surface area (Å²) in [7, 11) is 0. The fourth-order valence-electron chi connectivity index (χ4n) is 0.176. The van der Waals surface area contributed by atoms with Crippen LogP contribution in [-0.4, -0.2) is 12.7 Å². The van der Waals surface area contributed by atoms with Gasteiger partial charge < -0.3 is 22.3 Å². The highest BCUT2D eigenvalue weighted by molar-refractivity contribution is 7.51. The molecular formula is C3H7NO2S. The molecule has 0 saturated heterocycles. The normalized spacial score (nSPS) is 8.29. The van der Waals surface area contributed by atoms with Crippen molar-refractivity contribution in [3.8, 4) is 0 Å². The van der Waals surface area contributed by atoms with Crippen molar-refractivity contribution in [2.45, 2.75) is 6.92 Å². The van der Waals surface area contributed by atoms with Crippen molar-refractivity contribution in [2.75, 3.05) is 6.61 Å². The fourth-order valence-corrected chi connectivity index (χ4v) is 0.244. The van der Waals surface area contributed by atoms with E-state index < -0.39 is 6.09 Å². The number of ether oxygens (including phenoxy) is 1. The summed E-state index contributed by atoms with van der Waals surface area (Å²) in [4.78, 5) is 10.0. The number of carbonyl (C=O) groups is 1. The van der Waals surface area contributed by atoms with Crippen LogP contribution in [0.4, 0.5) is 4.79 Å². The average molecular weight is 121 g/mol. The largest absolute Gasteiger partial charge is 0.494 e. The Morgan fingerprint density at radius 1 is 2.00 bits per heavy atom. The summed E-state index contributed by atoms with van der Waals surface area (Å²) in [5, 5.41) is 0. The quantitative estimate of drug-likeness (QED) is 0.460. The molecule has 0 radical (unpaired) electrons. The maximum Gasteiger partial charge on any atom is 0.494 e. The van der Waals surface area contributed by atoms with Gasteiger partial charge in [0.05, 0.1) is 6.61 Å². The first-order chi connectivity index (χ1) is 3.31. The van der Waals surface area contributed by atoms with E-state index in [0.717, 1.165) is 4.72 Å². The molecule has 2 N–H and O–H groups in total. The monoisotopic (exact) mass is 121 g/mol. The molecule has 0 fully saturated rings. The van der Waals surface area contributed by atoms with E-state index in [2.05, 4.69) is 17.6 Å². The predicted molar refractivity (Wildman–Crippen MR) is 26.3 cm³/mol. The number of hydrogen-bond donors (Lipinski definition) is 1. The second kappa shape index (κ2) is 3.95. The Morgan fingerprint density at radius 2 is 2.57 bits per heavy atom. The van der Waals surface area contributed by atoms with Gasteiger partial charge in [-0.3, -0.25) is 0 Å². The Morgan fingerprint density at radius 3 is 2.71 bits per heavy atom. The molecule has 7 heavy (non-hydrogen) atoms. The minimum atomic E-state index is -0.433. The van der Waals surface area contributed by atoms with Gasteiger partial charge in [0, 0.05) is 0 Å². The van der Waals surface area contributed by atoms with Crippen LogP contribution >= 0.6 is 0 Å². The molecule has 0 aromatic carbocycles. The maximum absolute atomic E-state index is 10.0. The van der Waals surface area contributed by atoms with Crippen molar-refractivity contribution in [1.29, 1.82) is 0 Å². The number of carbonyl (C=O) groups excluding carboxylic acids is 1. The first-order valence-corrected chi connectivity index (χ1v) is 2.40. The van der Waals surface area contributed by atoms with E-state index in [0.29, 0.717) is 6.61 Å². The lowest BCUT2D eigenvalue weighted by Crippen LogP contribution is -2.82. The van der Waals surface area contributed by atoms with Gasteiger partial charge >= 0.3 is 6.09 Å². The zero-order chi connectivity index (χ0) is 5.70. The summed E-state index contributed by atoms with van der Waals surface area (Å²) in [5.74, 6) is 0. The lowest BCUT2D eigenvalue weighted by Gasteiger charge is -1.97. The molecule has 0 aliphatic heterocycles. The molecule has 0 atom stereocenters. The van der Waals surface area contributed by atoms with E-state index >= 15 is 0 Å². The van der Waals surface area contributed by atoms with E-state index in [9.17, 15) is 4.79 Å². The van der Waals surface area contributed by atoms with Crippen molar-refractivity contribution in [2.24, 2.45) is 0 Å². The van der Waals surface area contributed by atoms with Gasteiger partial charge in [-0.05, 0) is 6.92 Å². The Labute approximate surface area is 47.6 Å². The van der Waals surface area contributed by atoms with E-state index in [4.69, 9.17) is 0 Å². The number of hydrogen-bond acceptors (Lipinski definition) is 3. The molecule has 1 amide bonds. The van der Waals surface area contributed by atoms with Crippen LogP contribution in [0.2, 0.25) is 0 Å². The van der Waals surface area contributed by atoms with Crippen LogP contribution in [0, 0.1) is 0 Å². The number of rotatable bonds is 1. The zero-order valence-corrected chi connectivity index (χ0v) is 4.83. The molecule has 0 aromatic heterocycles. The highest BCUT2D eigenvalue weighted by Gasteiger charge is 1.91. The van der Waals surface area contributed by atoms with Gasteiger partial charge in [-0.2, -0.15) is 4.79 Å². The average Bonchev–Trinajstić information content (AvgIpc) is 1.68. The van der Waals surface area contributed by atoms with E-state index in [-0.39, 0.29) is 0 Å². The van der Waals surface area contributed by atoms with E-state index in [1.165, 1.54) is 0 Å². The van der Waals surface area contributed by atoms with Crippen molar-refractivity contribution in [3.05, 3.63) is 0 Å². The molecule has 0 aliphatic carbocycles. The molecule has 0 bridgehead atoms. The Kier molecular flexibility index (Phi) is 3.83. The van der Waals surface area contributed by atoms with Crippen LogP contribution in [0.3, 0.4) is 0 Å². The van der Waals surface area contributed by atoms with Gasteiger partial charge in [0.2, 0.25) is 0 Å². The van der Waals surface area contributed by atoms with Crippen LogP contribution < -0.4 is 4.72 Å². The minimum Gasteiger partial charge on any atom is -0.485 e. The van der Waals surface area contributed by atoms with Gasteiger partial charge in [0.25, 0.3) is 0 Å². The van der Waals surface area contributed by atoms with Gasteiger partial charge in [-0.15, -0.1) is 0 Å². The summed E-state index contributed by atoms with van der Waals surface area (Å²) >= 11 is 4.24. The second-order valence-corrected chi connectivity index (χ2v) is 1.11. The summed E-state index contributed by atoms with van der Waals surface area (Å²) in [6.45, 7) is 2.13. The molecular weight excluding hydrogens is 114 g/mol. The van der Waals surface area contributed by atoms with E-state index in [1.54, 1.807) is 6.92 Å². The SMILES string of the molecule is CCOC(=O)[NH2+][S-]. The van der Waals surface area contributed by atoms with Crippen LogP contribution in [0.25, 0.3) is 0 Å². The lowest BCUT2D eigenvalue weighted by molar-refractivity contribution is -0.388. The van der Waals surface area contributed by atoms with Crippen molar-refractivity contribution < 1.29 is 14.3 Å². The second-order valence-electron chi connectivity index (χ2n) is 0.870. The fraction of sp³-hybridized carbons (Fsp3) is 0.667. The van der Waals surface area contributed by atoms with Crippen LogP contribution in [0.5, 0.6) is 0 Å². The molecule has 4 heteroatoms. The van der Waals surface area contributed by atoms with E-state index in [1.807, 2.05) is 0 Å². The first kappa shape index (κ1) is 6.78. The Hall–Kier alpha value is -0.220. The lowest BCUT2D eigenvalue weighted by atomic mass is 10.9. The Balaban J connectivity index is 3.00. The van der Waals surface area contributed by atoms with Gasteiger partial charge in [0.1, 0.15) is 0 Å². The third kappa shape index (κ3) is 3.61. The standard InChI is InChI=1S/C3H7NO2S/c1-2-6-3(5)4-7/h2,4H2,1H3. The van der Waals surface area contributed by atoms with Gasteiger partial charge in [0.15, 0.2) is 0 Å². The third-order valence-electron chi connectivity index (χ3n) is 0.383. The molecule has 0 rings (SSSR count). The Bertz CT molecular complexity index is 66.0. The van der Waals surface area contributed by atoms with Crippen molar-refractivity contribution in [1.82, 2.24) is 0 Å². The van der Waals surface area contributed by atoms with Crippen molar-refractivity contribution >= 4 is 18.9 Å². The summed E-state index contributed by atoms with van der Waals surface area (Å²) in [6, 6.07) is 0. The van der Waals surface area contributed by atoms with Gasteiger partial charge in [-0.1, -0.05) is 0 Å². The number of quaternary nitrogens is 1. The number of amides is 1. The number of nitrogens with two attached hydrogens (primary N) is 1. The summed E-state index contributed by atoms with van der Waals surface area (Å²) in [6.07, 6.45) is -0.433. The van der Waals surface area contributed by atoms with Crippen molar-refractivity contribution in [3.63, 3.8) is 0 Å². The maximum atomic E-state index is 10.0. The molecule has 0 spiro atoms. The van der Waals surface area contributed by atoms with Crippen LogP contribution in [0.15, 0.2) is 0 Å². The molecule has 0 aromatic rings. The molecule has 0 heterocycles. The molecule has 42 valence electrons. The third-order valence-corrected chi connectivity index (χ3v) is 0.575. The zero-order valence-electron chi connectivity index (χ0n) is 4.01. The highest BCUT2D eigenvalue weighted by Crippen LogP contribution is 1.65. The molecule has 0 aliphatic rings. The topological polar surface area (TPSA) is 42.9 Å². The minimum absolute atomic E-state index is 0.395. The molecule has 0 saturated carbocycles. The summed E-state index contributed by atoms with van der Waals surface area (Å²) in [5.41, 5.74) is 0. The van der Waals surface area contributed by atoms with Crippen LogP contribution in [0.1, 0.15) is 6.92 Å². The first-order valence-electron chi connectivity index (χ1n) is 1.93. The smallest absolute Gasteiger partial charge is 0.485 e. The van der Waals surface area contributed by atoms with Gasteiger partial charge in [-0.25, -0.2) is 0 Å². The summed E-state index contributed by atoms with van der Waals surface area (Å²) < 4.78 is 5.37. The molecule has 3 nitrogen and oxygen atoms in total.